The van der Waals surface area contributed by atoms with Crippen LogP contribution in [0.2, 0.25) is 0 Å². The summed E-state index contributed by atoms with van der Waals surface area (Å²) in [4.78, 5) is 12.1. The first kappa shape index (κ1) is 17.2. The lowest BCUT2D eigenvalue weighted by Crippen LogP contribution is -2.46. The summed E-state index contributed by atoms with van der Waals surface area (Å²) >= 11 is 0. The molecule has 0 unspecified atom stereocenters. The fourth-order valence-electron chi connectivity index (χ4n) is 2.93. The Morgan fingerprint density at radius 3 is 2.33 bits per heavy atom. The zero-order chi connectivity index (χ0) is 17.2. The summed E-state index contributed by atoms with van der Waals surface area (Å²) in [5.41, 5.74) is 0. The Morgan fingerprint density at radius 2 is 1.79 bits per heavy atom. The van der Waals surface area contributed by atoms with Crippen LogP contribution in [0.3, 0.4) is 0 Å². The average Bonchev–Trinajstić information content (AvgIpc) is 3.41. The van der Waals surface area contributed by atoms with Gasteiger partial charge in [-0.25, -0.2) is 8.42 Å². The predicted molar refractivity (Wildman–Crippen MR) is 90.3 cm³/mol. The molecule has 1 aromatic carbocycles. The lowest BCUT2D eigenvalue weighted by Gasteiger charge is -2.31. The molecule has 0 bridgehead atoms. The molecule has 132 valence electrons. The van der Waals surface area contributed by atoms with Crippen molar-refractivity contribution in [3.8, 4) is 5.75 Å². The molecule has 0 atom stereocenters. The summed E-state index contributed by atoms with van der Waals surface area (Å²) in [5.74, 6) is 0.983. The van der Waals surface area contributed by atoms with Crippen LogP contribution in [0.25, 0.3) is 0 Å². The normalized spacial score (nSPS) is 19.9. The van der Waals surface area contributed by atoms with Crippen molar-refractivity contribution >= 4 is 15.9 Å². The molecule has 24 heavy (non-hydrogen) atoms. The Balaban J connectivity index is 1.58. The van der Waals surface area contributed by atoms with E-state index in [1.165, 1.54) is 4.31 Å². The second-order valence-electron chi connectivity index (χ2n) is 6.37. The van der Waals surface area contributed by atoms with Crippen LogP contribution in [-0.2, 0) is 14.8 Å². The molecule has 2 aliphatic rings. The van der Waals surface area contributed by atoms with Crippen molar-refractivity contribution < 1.29 is 17.9 Å². The van der Waals surface area contributed by atoms with Gasteiger partial charge >= 0.3 is 0 Å². The molecule has 0 radical (unpaired) electrons. The number of piperidine rings is 1. The molecular weight excluding hydrogens is 328 g/mol. The summed E-state index contributed by atoms with van der Waals surface area (Å²) in [6.45, 7) is 3.30. The molecule has 1 aliphatic carbocycles. The predicted octanol–water partition coefficient (Wildman–Crippen LogP) is 1.76. The molecule has 1 saturated heterocycles. The fraction of sp³-hybridized carbons (Fsp3) is 0.588. The van der Waals surface area contributed by atoms with E-state index in [2.05, 4.69) is 5.32 Å². The van der Waals surface area contributed by atoms with Crippen LogP contribution in [0.15, 0.2) is 29.2 Å². The van der Waals surface area contributed by atoms with Crippen LogP contribution in [0.4, 0.5) is 0 Å². The highest BCUT2D eigenvalue weighted by Gasteiger charge is 2.33. The van der Waals surface area contributed by atoms with Crippen LogP contribution in [0, 0.1) is 5.92 Å². The number of benzene rings is 1. The Kier molecular flexibility index (Phi) is 5.10. The van der Waals surface area contributed by atoms with E-state index < -0.39 is 10.0 Å². The zero-order valence-electron chi connectivity index (χ0n) is 13.9. The molecule has 0 aromatic heterocycles. The lowest BCUT2D eigenvalue weighted by atomic mass is 10.1. The number of carbonyl (C=O) groups is 1. The van der Waals surface area contributed by atoms with E-state index in [4.69, 9.17) is 4.74 Å². The van der Waals surface area contributed by atoms with Gasteiger partial charge in [-0.05, 0) is 56.9 Å². The highest BCUT2D eigenvalue weighted by Crippen LogP contribution is 2.29. The zero-order valence-corrected chi connectivity index (χ0v) is 14.7. The maximum absolute atomic E-state index is 12.7. The van der Waals surface area contributed by atoms with Gasteiger partial charge in [0.15, 0.2) is 0 Å². The average molecular weight is 352 g/mol. The lowest BCUT2D eigenvalue weighted by molar-refractivity contribution is -0.123. The van der Waals surface area contributed by atoms with Gasteiger partial charge in [-0.2, -0.15) is 4.31 Å². The van der Waals surface area contributed by atoms with Gasteiger partial charge in [0.25, 0.3) is 0 Å². The van der Waals surface area contributed by atoms with Crippen molar-refractivity contribution in [2.45, 2.75) is 43.5 Å². The molecule has 1 aliphatic heterocycles. The second kappa shape index (κ2) is 7.11. The number of sulfonamides is 1. The van der Waals surface area contributed by atoms with Crippen molar-refractivity contribution in [1.82, 2.24) is 9.62 Å². The van der Waals surface area contributed by atoms with Crippen LogP contribution < -0.4 is 10.1 Å². The first-order valence-electron chi connectivity index (χ1n) is 8.54. The molecular formula is C17H24N2O4S. The van der Waals surface area contributed by atoms with Crippen molar-refractivity contribution in [2.24, 2.45) is 5.92 Å². The summed E-state index contributed by atoms with van der Waals surface area (Å²) < 4.78 is 32.3. The summed E-state index contributed by atoms with van der Waals surface area (Å²) in [5, 5.41) is 3.04. The van der Waals surface area contributed by atoms with E-state index in [0.717, 1.165) is 12.8 Å². The Bertz CT molecular complexity index is 675. The first-order chi connectivity index (χ1) is 11.5. The van der Waals surface area contributed by atoms with Gasteiger partial charge in [-0.3, -0.25) is 4.79 Å². The smallest absolute Gasteiger partial charge is 0.243 e. The number of hydrogen-bond acceptors (Lipinski definition) is 4. The minimum Gasteiger partial charge on any atom is -0.494 e. The molecule has 1 aromatic rings. The molecule has 7 heteroatoms. The molecule has 1 N–H and O–H groups in total. The molecule has 3 rings (SSSR count). The van der Waals surface area contributed by atoms with Gasteiger partial charge in [-0.15, -0.1) is 0 Å². The van der Waals surface area contributed by atoms with E-state index in [0.29, 0.717) is 38.3 Å². The number of amides is 1. The Morgan fingerprint density at radius 1 is 1.17 bits per heavy atom. The summed E-state index contributed by atoms with van der Waals surface area (Å²) in [7, 11) is -3.48. The molecule has 1 saturated carbocycles. The van der Waals surface area contributed by atoms with E-state index in [1.807, 2.05) is 6.92 Å². The standard InChI is InChI=1S/C17H24N2O4S/c1-2-23-15-5-7-16(8-6-15)24(21,22)19-11-9-14(10-12-19)18-17(20)13-3-4-13/h5-8,13-14H,2-4,9-12H2,1H3,(H,18,20). The second-order valence-corrected chi connectivity index (χ2v) is 8.30. The Hall–Kier alpha value is -1.60. The molecule has 0 spiro atoms. The SMILES string of the molecule is CCOc1ccc(S(=O)(=O)N2CCC(NC(=O)C3CC3)CC2)cc1. The van der Waals surface area contributed by atoms with E-state index >= 15 is 0 Å². The van der Waals surface area contributed by atoms with E-state index in [1.54, 1.807) is 24.3 Å². The number of carbonyl (C=O) groups excluding carboxylic acids is 1. The summed E-state index contributed by atoms with van der Waals surface area (Å²) in [6.07, 6.45) is 3.29. The van der Waals surface area contributed by atoms with Crippen LogP contribution in [0.5, 0.6) is 5.75 Å². The van der Waals surface area contributed by atoms with E-state index in [-0.39, 0.29) is 22.8 Å². The maximum atomic E-state index is 12.7. The Labute approximate surface area is 143 Å². The third-order valence-corrected chi connectivity index (χ3v) is 6.43. The molecule has 1 heterocycles. The topological polar surface area (TPSA) is 75.7 Å². The highest BCUT2D eigenvalue weighted by molar-refractivity contribution is 7.89. The number of nitrogens with zero attached hydrogens (tertiary/aromatic N) is 1. The van der Waals surface area contributed by atoms with Crippen LogP contribution >= 0.6 is 0 Å². The van der Waals surface area contributed by atoms with Gasteiger partial charge in [-0.1, -0.05) is 0 Å². The largest absolute Gasteiger partial charge is 0.494 e. The number of rotatable bonds is 6. The quantitative estimate of drug-likeness (QED) is 0.846. The van der Waals surface area contributed by atoms with Gasteiger partial charge in [0.2, 0.25) is 15.9 Å². The molecule has 1 amide bonds. The maximum Gasteiger partial charge on any atom is 0.243 e. The van der Waals surface area contributed by atoms with Crippen molar-refractivity contribution in [3.05, 3.63) is 24.3 Å². The summed E-state index contributed by atoms with van der Waals surface area (Å²) in [6, 6.07) is 6.62. The number of hydrogen-bond donors (Lipinski definition) is 1. The highest BCUT2D eigenvalue weighted by atomic mass is 32.2. The minimum absolute atomic E-state index is 0.0879. The van der Waals surface area contributed by atoms with Crippen molar-refractivity contribution in [2.75, 3.05) is 19.7 Å². The monoisotopic (exact) mass is 352 g/mol. The number of nitrogens with one attached hydrogen (secondary N) is 1. The number of ether oxygens (including phenoxy) is 1. The first-order valence-corrected chi connectivity index (χ1v) is 9.98. The van der Waals surface area contributed by atoms with Crippen LogP contribution in [-0.4, -0.2) is 44.4 Å². The van der Waals surface area contributed by atoms with Gasteiger partial charge in [0, 0.05) is 25.0 Å². The minimum atomic E-state index is -3.48. The third kappa shape index (κ3) is 3.89. The fourth-order valence-corrected chi connectivity index (χ4v) is 4.40. The van der Waals surface area contributed by atoms with Crippen molar-refractivity contribution in [3.63, 3.8) is 0 Å². The third-order valence-electron chi connectivity index (χ3n) is 4.52. The van der Waals surface area contributed by atoms with Gasteiger partial charge < -0.3 is 10.1 Å². The van der Waals surface area contributed by atoms with Crippen molar-refractivity contribution in [1.29, 1.82) is 0 Å². The van der Waals surface area contributed by atoms with Gasteiger partial charge in [0.1, 0.15) is 5.75 Å². The van der Waals surface area contributed by atoms with E-state index in [9.17, 15) is 13.2 Å². The molecule has 2 fully saturated rings. The van der Waals surface area contributed by atoms with Gasteiger partial charge in [0.05, 0.1) is 11.5 Å². The van der Waals surface area contributed by atoms with Crippen LogP contribution in [0.1, 0.15) is 32.6 Å². The molecule has 6 nitrogen and oxygen atoms in total.